The molecule has 1 amide bonds. The lowest BCUT2D eigenvalue weighted by molar-refractivity contribution is -0.0196. The van der Waals surface area contributed by atoms with Crippen molar-refractivity contribution < 1.29 is 9.53 Å². The van der Waals surface area contributed by atoms with Gasteiger partial charge in [0, 0.05) is 28.6 Å². The molecular formula is C13H16Br2N2O2. The number of amides is 1. The van der Waals surface area contributed by atoms with E-state index in [4.69, 9.17) is 4.74 Å². The van der Waals surface area contributed by atoms with Gasteiger partial charge in [0.15, 0.2) is 0 Å². The lowest BCUT2D eigenvalue weighted by Gasteiger charge is -2.33. The summed E-state index contributed by atoms with van der Waals surface area (Å²) < 4.78 is 7.37. The first-order valence-corrected chi connectivity index (χ1v) is 7.71. The molecule has 1 saturated heterocycles. The maximum Gasteiger partial charge on any atom is 0.255 e. The van der Waals surface area contributed by atoms with Crippen molar-refractivity contribution in [2.45, 2.75) is 6.10 Å². The van der Waals surface area contributed by atoms with Crippen molar-refractivity contribution >= 4 is 37.8 Å². The topological polar surface area (TPSA) is 41.6 Å². The van der Waals surface area contributed by atoms with Crippen molar-refractivity contribution in [3.63, 3.8) is 0 Å². The molecule has 0 aromatic heterocycles. The Morgan fingerprint density at radius 1 is 1.53 bits per heavy atom. The number of morpholine rings is 1. The van der Waals surface area contributed by atoms with Crippen molar-refractivity contribution in [3.05, 3.63) is 32.7 Å². The highest BCUT2D eigenvalue weighted by Crippen LogP contribution is 2.23. The number of ether oxygens (including phenoxy) is 1. The van der Waals surface area contributed by atoms with Crippen molar-refractivity contribution in [2.24, 2.45) is 0 Å². The van der Waals surface area contributed by atoms with Crippen LogP contribution in [0.1, 0.15) is 10.4 Å². The molecule has 1 aliphatic heterocycles. The summed E-state index contributed by atoms with van der Waals surface area (Å²) in [7, 11) is 1.88. The molecule has 1 atom stereocenters. The van der Waals surface area contributed by atoms with Crippen molar-refractivity contribution in [3.8, 4) is 0 Å². The van der Waals surface area contributed by atoms with E-state index in [9.17, 15) is 4.79 Å². The molecule has 0 aliphatic carbocycles. The Labute approximate surface area is 129 Å². The van der Waals surface area contributed by atoms with Crippen LogP contribution >= 0.6 is 31.9 Å². The summed E-state index contributed by atoms with van der Waals surface area (Å²) in [6, 6.07) is 5.60. The molecular weight excluding hydrogens is 376 g/mol. The molecule has 1 aromatic carbocycles. The molecule has 19 heavy (non-hydrogen) atoms. The molecule has 0 radical (unpaired) electrons. The van der Waals surface area contributed by atoms with E-state index < -0.39 is 0 Å². The van der Waals surface area contributed by atoms with Crippen LogP contribution in [0, 0.1) is 0 Å². The van der Waals surface area contributed by atoms with Crippen LogP contribution in [0.15, 0.2) is 27.1 Å². The van der Waals surface area contributed by atoms with E-state index in [1.807, 2.05) is 30.1 Å². The van der Waals surface area contributed by atoms with Crippen LogP contribution in [0.25, 0.3) is 0 Å². The monoisotopic (exact) mass is 390 g/mol. The number of halogens is 2. The minimum Gasteiger partial charge on any atom is -0.373 e. The first-order valence-electron chi connectivity index (χ1n) is 6.12. The van der Waals surface area contributed by atoms with Gasteiger partial charge in [-0.15, -0.1) is 0 Å². The number of carbonyl (C=O) groups is 1. The third kappa shape index (κ3) is 3.78. The first-order chi connectivity index (χ1) is 9.11. The third-order valence-corrected chi connectivity index (χ3v) is 4.17. The van der Waals surface area contributed by atoms with Crippen LogP contribution in [0.3, 0.4) is 0 Å². The highest BCUT2D eigenvalue weighted by atomic mass is 79.9. The summed E-state index contributed by atoms with van der Waals surface area (Å²) in [5.74, 6) is 0.0452. The standard InChI is InChI=1S/C13H16Br2N2O2/c1-16-7-10-8-17(4-5-19-10)13(18)11-3-2-9(14)6-12(11)15/h2-3,6,10,16H,4-5,7-8H2,1H3. The predicted octanol–water partition coefficient (Wildman–Crippen LogP) is 2.27. The zero-order valence-corrected chi connectivity index (χ0v) is 13.8. The number of nitrogens with one attached hydrogen (secondary N) is 1. The largest absolute Gasteiger partial charge is 0.373 e. The second kappa shape index (κ2) is 6.83. The SMILES string of the molecule is CNCC1CN(C(=O)c2ccc(Br)cc2Br)CCO1. The van der Waals surface area contributed by atoms with Crippen LogP contribution in [0.5, 0.6) is 0 Å². The van der Waals surface area contributed by atoms with Crippen LogP contribution in [-0.4, -0.2) is 50.2 Å². The van der Waals surface area contributed by atoms with Gasteiger partial charge in [0.1, 0.15) is 0 Å². The quantitative estimate of drug-likeness (QED) is 0.859. The molecule has 6 heteroatoms. The van der Waals surface area contributed by atoms with Gasteiger partial charge in [-0.2, -0.15) is 0 Å². The van der Waals surface area contributed by atoms with Gasteiger partial charge in [-0.1, -0.05) is 15.9 Å². The number of carbonyl (C=O) groups excluding carboxylic acids is 1. The molecule has 1 unspecified atom stereocenters. The maximum absolute atomic E-state index is 12.5. The Hall–Kier alpha value is -0.430. The van der Waals surface area contributed by atoms with Gasteiger partial charge >= 0.3 is 0 Å². The van der Waals surface area contributed by atoms with Gasteiger partial charge in [-0.3, -0.25) is 4.79 Å². The molecule has 104 valence electrons. The Morgan fingerprint density at radius 2 is 2.32 bits per heavy atom. The lowest BCUT2D eigenvalue weighted by Crippen LogP contribution is -2.48. The number of benzene rings is 1. The summed E-state index contributed by atoms with van der Waals surface area (Å²) in [6.45, 7) is 2.61. The minimum absolute atomic E-state index is 0.0452. The Bertz CT molecular complexity index is 466. The fraction of sp³-hybridized carbons (Fsp3) is 0.462. The zero-order valence-electron chi connectivity index (χ0n) is 10.7. The minimum atomic E-state index is 0.0452. The van der Waals surface area contributed by atoms with Gasteiger partial charge in [0.25, 0.3) is 5.91 Å². The molecule has 1 aromatic rings. The van der Waals surface area contributed by atoms with Gasteiger partial charge in [0.05, 0.1) is 18.3 Å². The van der Waals surface area contributed by atoms with Gasteiger partial charge < -0.3 is 15.0 Å². The fourth-order valence-corrected chi connectivity index (χ4v) is 3.30. The van der Waals surface area contributed by atoms with E-state index in [0.717, 1.165) is 15.5 Å². The summed E-state index contributed by atoms with van der Waals surface area (Å²) >= 11 is 6.83. The summed E-state index contributed by atoms with van der Waals surface area (Å²) in [5, 5.41) is 3.08. The van der Waals surface area contributed by atoms with E-state index in [1.54, 1.807) is 0 Å². The molecule has 1 aliphatic rings. The molecule has 1 heterocycles. The third-order valence-electron chi connectivity index (χ3n) is 3.02. The normalized spacial score (nSPS) is 19.5. The van der Waals surface area contributed by atoms with Crippen molar-refractivity contribution in [1.29, 1.82) is 0 Å². The molecule has 2 rings (SSSR count). The average Bonchev–Trinajstić information content (AvgIpc) is 2.39. The maximum atomic E-state index is 12.5. The molecule has 1 fully saturated rings. The molecule has 0 spiro atoms. The smallest absolute Gasteiger partial charge is 0.255 e. The Kier molecular flexibility index (Phi) is 5.38. The van der Waals surface area contributed by atoms with Crippen LogP contribution < -0.4 is 5.32 Å². The van der Waals surface area contributed by atoms with Crippen molar-refractivity contribution in [1.82, 2.24) is 10.2 Å². The van der Waals surface area contributed by atoms with Crippen LogP contribution in [0.4, 0.5) is 0 Å². The number of hydrogen-bond donors (Lipinski definition) is 1. The first kappa shape index (κ1) is 15.0. The van der Waals surface area contributed by atoms with Gasteiger partial charge in [0.2, 0.25) is 0 Å². The van der Waals surface area contributed by atoms with E-state index in [1.165, 1.54) is 0 Å². The lowest BCUT2D eigenvalue weighted by atomic mass is 10.1. The van der Waals surface area contributed by atoms with E-state index >= 15 is 0 Å². The fourth-order valence-electron chi connectivity index (χ4n) is 2.09. The highest BCUT2D eigenvalue weighted by molar-refractivity contribution is 9.11. The van der Waals surface area contributed by atoms with Crippen molar-refractivity contribution in [2.75, 3.05) is 33.3 Å². The van der Waals surface area contributed by atoms with E-state index in [-0.39, 0.29) is 12.0 Å². The number of hydrogen-bond acceptors (Lipinski definition) is 3. The predicted molar refractivity (Wildman–Crippen MR) is 81.4 cm³/mol. The van der Waals surface area contributed by atoms with Gasteiger partial charge in [-0.25, -0.2) is 0 Å². The van der Waals surface area contributed by atoms with E-state index in [2.05, 4.69) is 37.2 Å². The molecule has 0 saturated carbocycles. The Balaban J connectivity index is 2.10. The highest BCUT2D eigenvalue weighted by Gasteiger charge is 2.25. The van der Waals surface area contributed by atoms with Gasteiger partial charge in [-0.05, 0) is 41.2 Å². The zero-order chi connectivity index (χ0) is 13.8. The summed E-state index contributed by atoms with van der Waals surface area (Å²) in [4.78, 5) is 14.3. The summed E-state index contributed by atoms with van der Waals surface area (Å²) in [6.07, 6.45) is 0.0666. The number of likely N-dealkylation sites (N-methyl/N-ethyl adjacent to an activating group) is 1. The van der Waals surface area contributed by atoms with Crippen LogP contribution in [-0.2, 0) is 4.74 Å². The number of rotatable bonds is 3. The molecule has 1 N–H and O–H groups in total. The van der Waals surface area contributed by atoms with Crippen LogP contribution in [0.2, 0.25) is 0 Å². The second-order valence-corrected chi connectivity index (χ2v) is 6.20. The number of nitrogens with zero attached hydrogens (tertiary/aromatic N) is 1. The molecule has 0 bridgehead atoms. The van der Waals surface area contributed by atoms with E-state index in [0.29, 0.717) is 25.3 Å². The average molecular weight is 392 g/mol. The molecule has 4 nitrogen and oxygen atoms in total. The Morgan fingerprint density at radius 3 is 3.00 bits per heavy atom. The second-order valence-electron chi connectivity index (χ2n) is 4.43. The summed E-state index contributed by atoms with van der Waals surface area (Å²) in [5.41, 5.74) is 0.688.